The van der Waals surface area contributed by atoms with E-state index in [2.05, 4.69) is 10.6 Å². The van der Waals surface area contributed by atoms with Crippen molar-refractivity contribution in [2.24, 2.45) is 0 Å². The molecule has 0 radical (unpaired) electrons. The first-order valence-electron chi connectivity index (χ1n) is 8.68. The lowest BCUT2D eigenvalue weighted by atomic mass is 10.1. The van der Waals surface area contributed by atoms with Crippen LogP contribution in [0.25, 0.3) is 0 Å². The standard InChI is InChI=1S/C20H26N2O3S/c1-5-24-18-12-7-15(13-19(18)25-6-2)14(3)21-20(26)22-16-8-10-17(23-4)11-9-16/h7-14H,5-6H2,1-4H3,(H2,21,22,26)/t14-/m1/s1. The number of thiocarbonyl (C=S) groups is 1. The number of benzene rings is 2. The van der Waals surface area contributed by atoms with Crippen LogP contribution in [0.5, 0.6) is 17.2 Å². The van der Waals surface area contributed by atoms with E-state index in [4.69, 9.17) is 26.4 Å². The molecular formula is C20H26N2O3S. The Morgan fingerprint density at radius 3 is 2.27 bits per heavy atom. The zero-order valence-electron chi connectivity index (χ0n) is 15.7. The molecule has 0 aliphatic rings. The first-order valence-corrected chi connectivity index (χ1v) is 9.09. The lowest BCUT2D eigenvalue weighted by Gasteiger charge is -2.19. The van der Waals surface area contributed by atoms with E-state index in [1.807, 2.05) is 63.2 Å². The Bertz CT molecular complexity index is 719. The summed E-state index contributed by atoms with van der Waals surface area (Å²) in [5.74, 6) is 2.31. The molecule has 2 N–H and O–H groups in total. The number of methoxy groups -OCH3 is 1. The highest BCUT2D eigenvalue weighted by molar-refractivity contribution is 7.80. The number of rotatable bonds is 8. The molecule has 0 aliphatic carbocycles. The van der Waals surface area contributed by atoms with E-state index in [1.54, 1.807) is 7.11 Å². The third-order valence-corrected chi connectivity index (χ3v) is 3.98. The molecule has 1 atom stereocenters. The van der Waals surface area contributed by atoms with Crippen molar-refractivity contribution in [3.05, 3.63) is 48.0 Å². The van der Waals surface area contributed by atoms with Gasteiger partial charge in [-0.15, -0.1) is 0 Å². The number of hydrogen-bond donors (Lipinski definition) is 2. The lowest BCUT2D eigenvalue weighted by molar-refractivity contribution is 0.287. The molecule has 0 aromatic heterocycles. The molecule has 2 rings (SSSR count). The molecule has 0 amide bonds. The molecule has 26 heavy (non-hydrogen) atoms. The van der Waals surface area contributed by atoms with Gasteiger partial charge in [-0.1, -0.05) is 6.07 Å². The first kappa shape index (κ1) is 19.8. The van der Waals surface area contributed by atoms with Gasteiger partial charge in [0.1, 0.15) is 5.75 Å². The zero-order chi connectivity index (χ0) is 18.9. The SMILES string of the molecule is CCOc1ccc([C@@H](C)NC(=S)Nc2ccc(OC)cc2)cc1OCC. The van der Waals surface area contributed by atoms with Gasteiger partial charge in [0.05, 0.1) is 26.4 Å². The fourth-order valence-electron chi connectivity index (χ4n) is 2.46. The monoisotopic (exact) mass is 374 g/mol. The van der Waals surface area contributed by atoms with Gasteiger partial charge in [0.15, 0.2) is 16.6 Å². The van der Waals surface area contributed by atoms with Gasteiger partial charge < -0.3 is 24.8 Å². The van der Waals surface area contributed by atoms with E-state index < -0.39 is 0 Å². The maximum absolute atomic E-state index is 5.69. The summed E-state index contributed by atoms with van der Waals surface area (Å²) in [5.41, 5.74) is 1.97. The predicted molar refractivity (Wildman–Crippen MR) is 110 cm³/mol. The molecule has 6 heteroatoms. The Morgan fingerprint density at radius 2 is 1.65 bits per heavy atom. The molecule has 0 saturated carbocycles. The minimum absolute atomic E-state index is 0.0168. The van der Waals surface area contributed by atoms with Crippen molar-refractivity contribution in [1.29, 1.82) is 0 Å². The van der Waals surface area contributed by atoms with Crippen LogP contribution in [0.4, 0.5) is 5.69 Å². The van der Waals surface area contributed by atoms with Crippen molar-refractivity contribution in [2.45, 2.75) is 26.8 Å². The van der Waals surface area contributed by atoms with Crippen molar-refractivity contribution < 1.29 is 14.2 Å². The summed E-state index contributed by atoms with van der Waals surface area (Å²) in [6.07, 6.45) is 0. The normalized spacial score (nSPS) is 11.4. The average molecular weight is 375 g/mol. The van der Waals surface area contributed by atoms with Gasteiger partial charge >= 0.3 is 0 Å². The van der Waals surface area contributed by atoms with Crippen molar-refractivity contribution >= 4 is 23.0 Å². The highest BCUT2D eigenvalue weighted by atomic mass is 32.1. The van der Waals surface area contributed by atoms with Gasteiger partial charge in [0.2, 0.25) is 0 Å². The maximum Gasteiger partial charge on any atom is 0.171 e. The average Bonchev–Trinajstić information content (AvgIpc) is 2.64. The summed E-state index contributed by atoms with van der Waals surface area (Å²) in [4.78, 5) is 0. The fraction of sp³-hybridized carbons (Fsp3) is 0.350. The van der Waals surface area contributed by atoms with Crippen LogP contribution in [0.2, 0.25) is 0 Å². The van der Waals surface area contributed by atoms with E-state index >= 15 is 0 Å². The first-order chi connectivity index (χ1) is 12.6. The second-order valence-corrected chi connectivity index (χ2v) is 6.03. The van der Waals surface area contributed by atoms with Crippen LogP contribution in [-0.4, -0.2) is 25.4 Å². The smallest absolute Gasteiger partial charge is 0.171 e. The second kappa shape index (κ2) is 9.87. The Hall–Kier alpha value is -2.47. The summed E-state index contributed by atoms with van der Waals surface area (Å²) in [6, 6.07) is 13.6. The van der Waals surface area contributed by atoms with Crippen LogP contribution in [-0.2, 0) is 0 Å². The highest BCUT2D eigenvalue weighted by Crippen LogP contribution is 2.30. The number of anilines is 1. The molecular weight excluding hydrogens is 348 g/mol. The molecule has 0 spiro atoms. The molecule has 0 heterocycles. The van der Waals surface area contributed by atoms with Gasteiger partial charge in [-0.2, -0.15) is 0 Å². The van der Waals surface area contributed by atoms with Crippen molar-refractivity contribution in [1.82, 2.24) is 5.32 Å². The van der Waals surface area contributed by atoms with Crippen LogP contribution in [0, 0.1) is 0 Å². The summed E-state index contributed by atoms with van der Waals surface area (Å²) in [6.45, 7) is 7.15. The molecule has 0 aliphatic heterocycles. The van der Waals surface area contributed by atoms with Crippen molar-refractivity contribution in [2.75, 3.05) is 25.6 Å². The van der Waals surface area contributed by atoms with E-state index in [1.165, 1.54) is 0 Å². The van der Waals surface area contributed by atoms with Gasteiger partial charge in [0.25, 0.3) is 0 Å². The third-order valence-electron chi connectivity index (χ3n) is 3.76. The van der Waals surface area contributed by atoms with E-state index in [0.29, 0.717) is 18.3 Å². The van der Waals surface area contributed by atoms with Crippen LogP contribution in [0.15, 0.2) is 42.5 Å². The Labute approximate surface area is 160 Å². The van der Waals surface area contributed by atoms with Crippen molar-refractivity contribution in [3.8, 4) is 17.2 Å². The highest BCUT2D eigenvalue weighted by Gasteiger charge is 2.12. The fourth-order valence-corrected chi connectivity index (χ4v) is 2.75. The lowest BCUT2D eigenvalue weighted by Crippen LogP contribution is -2.30. The van der Waals surface area contributed by atoms with Gasteiger partial charge in [-0.25, -0.2) is 0 Å². The Balaban J connectivity index is 2.02. The third kappa shape index (κ3) is 5.52. The van der Waals surface area contributed by atoms with Crippen LogP contribution >= 0.6 is 12.2 Å². The van der Waals surface area contributed by atoms with Crippen LogP contribution in [0.1, 0.15) is 32.4 Å². The Morgan fingerprint density at radius 1 is 1.00 bits per heavy atom. The van der Waals surface area contributed by atoms with Crippen LogP contribution in [0.3, 0.4) is 0 Å². The van der Waals surface area contributed by atoms with E-state index in [-0.39, 0.29) is 6.04 Å². The molecule has 0 unspecified atom stereocenters. The number of hydrogen-bond acceptors (Lipinski definition) is 4. The largest absolute Gasteiger partial charge is 0.497 e. The molecule has 2 aromatic carbocycles. The maximum atomic E-state index is 5.69. The zero-order valence-corrected chi connectivity index (χ0v) is 16.5. The summed E-state index contributed by atoms with van der Waals surface area (Å²) < 4.78 is 16.5. The summed E-state index contributed by atoms with van der Waals surface area (Å²) in [7, 11) is 1.64. The van der Waals surface area contributed by atoms with Crippen LogP contribution < -0.4 is 24.8 Å². The summed E-state index contributed by atoms with van der Waals surface area (Å²) >= 11 is 5.42. The van der Waals surface area contributed by atoms with Gasteiger partial charge in [-0.3, -0.25) is 0 Å². The molecule has 2 aromatic rings. The van der Waals surface area contributed by atoms with Gasteiger partial charge in [-0.05, 0) is 75.0 Å². The predicted octanol–water partition coefficient (Wildman–Crippen LogP) is 4.54. The molecule has 0 saturated heterocycles. The molecule has 0 fully saturated rings. The topological polar surface area (TPSA) is 51.8 Å². The second-order valence-electron chi connectivity index (χ2n) is 5.62. The number of nitrogens with one attached hydrogen (secondary N) is 2. The molecule has 0 bridgehead atoms. The molecule has 5 nitrogen and oxygen atoms in total. The minimum atomic E-state index is 0.0168. The van der Waals surface area contributed by atoms with Crippen molar-refractivity contribution in [3.63, 3.8) is 0 Å². The Kier molecular flexibility index (Phi) is 7.53. The van der Waals surface area contributed by atoms with E-state index in [0.717, 1.165) is 28.5 Å². The molecule has 140 valence electrons. The summed E-state index contributed by atoms with van der Waals surface area (Å²) in [5, 5.41) is 7.01. The van der Waals surface area contributed by atoms with E-state index in [9.17, 15) is 0 Å². The van der Waals surface area contributed by atoms with Gasteiger partial charge in [0, 0.05) is 5.69 Å². The quantitative estimate of drug-likeness (QED) is 0.662. The minimum Gasteiger partial charge on any atom is -0.497 e. The number of ether oxygens (including phenoxy) is 3.